The van der Waals surface area contributed by atoms with Gasteiger partial charge in [0, 0.05) is 12.6 Å². The van der Waals surface area contributed by atoms with Gasteiger partial charge < -0.3 is 5.11 Å². The van der Waals surface area contributed by atoms with Crippen LogP contribution in [0, 0.1) is 6.92 Å². The van der Waals surface area contributed by atoms with Crippen LogP contribution in [0.15, 0.2) is 34.5 Å². The Morgan fingerprint density at radius 2 is 2.24 bits per heavy atom. The number of azo groups is 1. The average molecular weight is 284 g/mol. The molecular weight excluding hydrogens is 272 g/mol. The fraction of sp³-hybridized carbons (Fsp3) is 0.154. The number of benzene rings is 1. The Labute approximate surface area is 119 Å². The van der Waals surface area contributed by atoms with Crippen LogP contribution in [0.1, 0.15) is 16.1 Å². The topological polar surface area (TPSA) is 108 Å². The third-order valence-electron chi connectivity index (χ3n) is 3.06. The van der Waals surface area contributed by atoms with Crippen molar-refractivity contribution in [3.05, 3.63) is 35.5 Å². The van der Waals surface area contributed by atoms with Gasteiger partial charge >= 0.3 is 5.97 Å². The molecule has 21 heavy (non-hydrogen) atoms. The molecule has 2 heterocycles. The smallest absolute Gasteiger partial charge is 0.335 e. The molecule has 0 radical (unpaired) electrons. The van der Waals surface area contributed by atoms with Gasteiger partial charge in [-0.3, -0.25) is 5.10 Å². The predicted octanol–water partition coefficient (Wildman–Crippen LogP) is 2.44. The van der Waals surface area contributed by atoms with Crippen LogP contribution in [-0.4, -0.2) is 37.9 Å². The standard InChI is InChI=1S/C13H12N6O2/c1-7-10(15-14-2)12-17-16-11(19(12)18-7)8-4-3-5-9(6-8)13(20)21/h3-6,17H,1-2H3,(H,20,21). The average Bonchev–Trinajstić information content (AvgIpc) is 3.00. The molecule has 0 bridgehead atoms. The summed E-state index contributed by atoms with van der Waals surface area (Å²) in [6.07, 6.45) is 0. The van der Waals surface area contributed by atoms with E-state index in [0.29, 0.717) is 28.4 Å². The Hall–Kier alpha value is -3.03. The van der Waals surface area contributed by atoms with Crippen LogP contribution in [-0.2, 0) is 0 Å². The molecule has 3 rings (SSSR count). The van der Waals surface area contributed by atoms with E-state index in [9.17, 15) is 4.79 Å². The van der Waals surface area contributed by atoms with E-state index in [1.165, 1.54) is 6.07 Å². The molecule has 0 fully saturated rings. The Bertz CT molecular complexity index is 861. The van der Waals surface area contributed by atoms with Gasteiger partial charge in [-0.15, -0.1) is 0 Å². The summed E-state index contributed by atoms with van der Waals surface area (Å²) in [6, 6.07) is 6.53. The number of nitrogens with one attached hydrogen (secondary N) is 1. The molecule has 0 aliphatic carbocycles. The number of fused-ring (bicyclic) bond motifs is 1. The van der Waals surface area contributed by atoms with Gasteiger partial charge in [-0.1, -0.05) is 12.1 Å². The van der Waals surface area contributed by atoms with Crippen LogP contribution in [0.25, 0.3) is 17.0 Å². The normalized spacial score (nSPS) is 11.5. The number of carboxylic acids is 1. The minimum atomic E-state index is -0.985. The minimum absolute atomic E-state index is 0.195. The molecule has 0 spiro atoms. The lowest BCUT2D eigenvalue weighted by Crippen LogP contribution is -1.97. The molecule has 8 nitrogen and oxygen atoms in total. The lowest BCUT2D eigenvalue weighted by molar-refractivity contribution is 0.0697. The number of rotatable bonds is 3. The fourth-order valence-corrected chi connectivity index (χ4v) is 2.12. The maximum atomic E-state index is 11.1. The number of hydrogen-bond acceptors (Lipinski definition) is 5. The second-order valence-electron chi connectivity index (χ2n) is 4.43. The zero-order valence-electron chi connectivity index (χ0n) is 11.4. The van der Waals surface area contributed by atoms with Crippen molar-refractivity contribution in [2.24, 2.45) is 10.2 Å². The molecule has 0 atom stereocenters. The van der Waals surface area contributed by atoms with Gasteiger partial charge in [-0.25, -0.2) is 4.79 Å². The monoisotopic (exact) mass is 284 g/mol. The molecule has 0 saturated carbocycles. The SMILES string of the molecule is CN=Nc1c(C)nn2c(-c3cccc(C(=O)O)c3)n[nH]c12. The molecule has 0 amide bonds. The van der Waals surface area contributed by atoms with E-state index >= 15 is 0 Å². The summed E-state index contributed by atoms with van der Waals surface area (Å²) >= 11 is 0. The first-order valence-electron chi connectivity index (χ1n) is 6.19. The summed E-state index contributed by atoms with van der Waals surface area (Å²) in [5.41, 5.74) is 2.80. The molecular formula is C13H12N6O2. The summed E-state index contributed by atoms with van der Waals surface area (Å²) in [7, 11) is 1.58. The molecule has 0 aliphatic rings. The van der Waals surface area contributed by atoms with Gasteiger partial charge in [0.15, 0.2) is 17.2 Å². The Kier molecular flexibility index (Phi) is 2.98. The van der Waals surface area contributed by atoms with E-state index < -0.39 is 5.97 Å². The Balaban J connectivity index is 2.20. The number of H-pyrrole nitrogens is 1. The van der Waals surface area contributed by atoms with Gasteiger partial charge in [0.1, 0.15) is 0 Å². The third-order valence-corrected chi connectivity index (χ3v) is 3.06. The van der Waals surface area contributed by atoms with Crippen LogP contribution >= 0.6 is 0 Å². The maximum absolute atomic E-state index is 11.1. The molecule has 0 aliphatic heterocycles. The Morgan fingerprint density at radius 3 is 2.95 bits per heavy atom. The summed E-state index contributed by atoms with van der Waals surface area (Å²) in [5, 5.41) is 28.3. The lowest BCUT2D eigenvalue weighted by Gasteiger charge is -1.99. The van der Waals surface area contributed by atoms with Crippen LogP contribution in [0.3, 0.4) is 0 Å². The highest BCUT2D eigenvalue weighted by molar-refractivity contribution is 5.89. The number of aromatic nitrogens is 4. The Morgan fingerprint density at radius 1 is 1.43 bits per heavy atom. The van der Waals surface area contributed by atoms with E-state index in [2.05, 4.69) is 25.5 Å². The molecule has 106 valence electrons. The number of hydrogen-bond donors (Lipinski definition) is 2. The summed E-state index contributed by atoms with van der Waals surface area (Å²) in [6.45, 7) is 1.82. The van der Waals surface area contributed by atoms with Crippen LogP contribution < -0.4 is 0 Å². The number of aryl methyl sites for hydroxylation is 1. The largest absolute Gasteiger partial charge is 0.478 e. The minimum Gasteiger partial charge on any atom is -0.478 e. The highest BCUT2D eigenvalue weighted by Gasteiger charge is 2.16. The zero-order valence-corrected chi connectivity index (χ0v) is 11.4. The number of aromatic amines is 1. The van der Waals surface area contributed by atoms with Crippen molar-refractivity contribution in [3.63, 3.8) is 0 Å². The molecule has 3 aromatic rings. The summed E-state index contributed by atoms with van der Waals surface area (Å²) in [5.74, 6) is -0.463. The van der Waals surface area contributed by atoms with Gasteiger partial charge in [-0.05, 0) is 19.1 Å². The molecule has 1 aromatic carbocycles. The number of carboxylic acid groups (broad SMARTS) is 1. The molecule has 2 N–H and O–H groups in total. The van der Waals surface area contributed by atoms with Crippen LogP contribution in [0.5, 0.6) is 0 Å². The third kappa shape index (κ3) is 2.06. The van der Waals surface area contributed by atoms with Crippen molar-refractivity contribution in [3.8, 4) is 11.4 Å². The molecule has 2 aromatic heterocycles. The highest BCUT2D eigenvalue weighted by atomic mass is 16.4. The first-order valence-corrected chi connectivity index (χ1v) is 6.19. The number of nitrogens with zero attached hydrogens (tertiary/aromatic N) is 5. The van der Waals surface area contributed by atoms with Crippen LogP contribution in [0.4, 0.5) is 5.69 Å². The summed E-state index contributed by atoms with van der Waals surface area (Å²) < 4.78 is 1.60. The van der Waals surface area contributed by atoms with Crippen LogP contribution in [0.2, 0.25) is 0 Å². The highest BCUT2D eigenvalue weighted by Crippen LogP contribution is 2.27. The molecule has 0 saturated heterocycles. The van der Waals surface area contributed by atoms with E-state index in [1.807, 2.05) is 6.92 Å². The number of aromatic carboxylic acids is 1. The zero-order chi connectivity index (χ0) is 15.0. The first-order chi connectivity index (χ1) is 10.1. The van der Waals surface area contributed by atoms with Crippen molar-refractivity contribution in [1.82, 2.24) is 19.8 Å². The fourth-order valence-electron chi connectivity index (χ4n) is 2.12. The quantitative estimate of drug-likeness (QED) is 0.720. The van der Waals surface area contributed by atoms with Gasteiger partial charge in [0.25, 0.3) is 0 Å². The van der Waals surface area contributed by atoms with Crippen molar-refractivity contribution in [2.45, 2.75) is 6.92 Å². The number of carbonyl (C=O) groups is 1. The van der Waals surface area contributed by atoms with Crippen molar-refractivity contribution in [2.75, 3.05) is 7.05 Å². The van der Waals surface area contributed by atoms with E-state index in [-0.39, 0.29) is 5.56 Å². The van der Waals surface area contributed by atoms with Gasteiger partial charge in [-0.2, -0.15) is 24.9 Å². The van der Waals surface area contributed by atoms with E-state index in [1.54, 1.807) is 29.8 Å². The second kappa shape index (κ2) is 4.82. The van der Waals surface area contributed by atoms with E-state index in [0.717, 1.165) is 0 Å². The van der Waals surface area contributed by atoms with E-state index in [4.69, 9.17) is 5.11 Å². The van der Waals surface area contributed by atoms with Crippen molar-refractivity contribution in [1.29, 1.82) is 0 Å². The molecule has 0 unspecified atom stereocenters. The second-order valence-corrected chi connectivity index (χ2v) is 4.43. The van der Waals surface area contributed by atoms with Gasteiger partial charge in [0.05, 0.1) is 11.3 Å². The maximum Gasteiger partial charge on any atom is 0.335 e. The van der Waals surface area contributed by atoms with Crippen molar-refractivity contribution >= 4 is 17.3 Å². The summed E-state index contributed by atoms with van der Waals surface area (Å²) in [4.78, 5) is 11.1. The lowest BCUT2D eigenvalue weighted by atomic mass is 10.1. The first kappa shape index (κ1) is 13.0. The van der Waals surface area contributed by atoms with Gasteiger partial charge in [0.2, 0.25) is 0 Å². The molecule has 8 heteroatoms. The van der Waals surface area contributed by atoms with Crippen molar-refractivity contribution < 1.29 is 9.90 Å². The predicted molar refractivity (Wildman–Crippen MR) is 74.9 cm³/mol.